The summed E-state index contributed by atoms with van der Waals surface area (Å²) in [7, 11) is 0. The number of benzene rings is 7. The normalized spacial score (nSPS) is 12.0. The van der Waals surface area contributed by atoms with E-state index in [2.05, 4.69) is 167 Å². The number of fused-ring (bicyclic) bond motifs is 2. The lowest BCUT2D eigenvalue weighted by Crippen LogP contribution is -2.21. The van der Waals surface area contributed by atoms with Crippen molar-refractivity contribution in [2.45, 2.75) is 119 Å². The van der Waals surface area contributed by atoms with Crippen molar-refractivity contribution in [1.29, 1.82) is 0 Å². The van der Waals surface area contributed by atoms with Gasteiger partial charge in [0.25, 0.3) is 0 Å². The van der Waals surface area contributed by atoms with Crippen LogP contribution in [0.1, 0.15) is 141 Å². The monoisotopic (exact) mass is 870 g/mol. The number of hydrogen-bond donors (Lipinski definition) is 0. The molecule has 0 spiro atoms. The molecular weight excluding hydrogens is 809 g/mol. The SMILES string of the molecule is CC(=O)Oc1c(C(C)(C)C)cc(-c2ccc3c(C#Cc4ccccc4)c4ccc(-c5cc(C(C)(C)C)c(OC(C)=O)c(C(C)(C)C)c5)cc4c(C#Cc4ccccc4)c3c2)cc1C(C)(C)C. The lowest BCUT2D eigenvalue weighted by atomic mass is 9.77. The fourth-order valence-electron chi connectivity index (χ4n) is 8.50. The molecule has 0 N–H and O–H groups in total. The maximum absolute atomic E-state index is 12.6. The van der Waals surface area contributed by atoms with E-state index in [4.69, 9.17) is 9.47 Å². The third kappa shape index (κ3) is 10.2. The van der Waals surface area contributed by atoms with Gasteiger partial charge in [0.15, 0.2) is 0 Å². The van der Waals surface area contributed by atoms with E-state index in [9.17, 15) is 9.59 Å². The Labute approximate surface area is 392 Å². The zero-order valence-corrected chi connectivity index (χ0v) is 41.2. The molecule has 0 aliphatic heterocycles. The molecule has 0 aliphatic rings. The van der Waals surface area contributed by atoms with Crippen molar-refractivity contribution in [2.24, 2.45) is 0 Å². The van der Waals surface area contributed by atoms with Crippen LogP contribution in [0.2, 0.25) is 0 Å². The van der Waals surface area contributed by atoms with Crippen LogP contribution in [0.3, 0.4) is 0 Å². The lowest BCUT2D eigenvalue weighted by Gasteiger charge is -2.30. The molecule has 0 radical (unpaired) electrons. The third-order valence-electron chi connectivity index (χ3n) is 11.9. The van der Waals surface area contributed by atoms with E-state index in [0.717, 1.165) is 88.3 Å². The van der Waals surface area contributed by atoms with E-state index in [1.165, 1.54) is 13.8 Å². The van der Waals surface area contributed by atoms with Gasteiger partial charge in [-0.2, -0.15) is 0 Å². The number of carbonyl (C=O) groups excluding carboxylic acids is 2. The van der Waals surface area contributed by atoms with Crippen molar-refractivity contribution in [3.05, 3.63) is 166 Å². The molecule has 334 valence electrons. The van der Waals surface area contributed by atoms with Gasteiger partial charge in [-0.05, 0) is 126 Å². The Morgan fingerprint density at radius 1 is 0.364 bits per heavy atom. The van der Waals surface area contributed by atoms with E-state index < -0.39 is 0 Å². The topological polar surface area (TPSA) is 52.6 Å². The summed E-state index contributed by atoms with van der Waals surface area (Å²) in [5.74, 6) is 14.9. The van der Waals surface area contributed by atoms with Crippen LogP contribution in [0, 0.1) is 23.7 Å². The second-order valence-electron chi connectivity index (χ2n) is 21.5. The van der Waals surface area contributed by atoms with Gasteiger partial charge in [0.05, 0.1) is 0 Å². The fourth-order valence-corrected chi connectivity index (χ4v) is 8.50. The first kappa shape index (κ1) is 47.1. The standard InChI is InChI=1S/C62H62O4/c1-39(63)65-57-53(59(3,4)5)35-45(36-54(57)60(6,7)8)43-27-31-48-47(29-25-41-21-17-15-18-22-41)49-32-28-44(34-52(49)50(51(48)33-43)30-26-42-23-19-16-20-24-42)46-37-55(61(9,10)11)58(66-40(2)64)56(38-46)62(12,13)14/h15-24,27-28,31-38H,1-14H3. The summed E-state index contributed by atoms with van der Waals surface area (Å²) in [6.07, 6.45) is 0. The summed E-state index contributed by atoms with van der Waals surface area (Å²) < 4.78 is 12.1. The van der Waals surface area contributed by atoms with Crippen LogP contribution in [-0.4, -0.2) is 11.9 Å². The summed E-state index contributed by atoms with van der Waals surface area (Å²) in [6.45, 7) is 28.8. The van der Waals surface area contributed by atoms with Crippen LogP contribution >= 0.6 is 0 Å². The van der Waals surface area contributed by atoms with Gasteiger partial charge in [-0.25, -0.2) is 0 Å². The van der Waals surface area contributed by atoms with E-state index in [1.54, 1.807) is 0 Å². The average molecular weight is 871 g/mol. The highest BCUT2D eigenvalue weighted by Gasteiger charge is 2.31. The quantitative estimate of drug-likeness (QED) is 0.0765. The molecule has 4 heteroatoms. The predicted molar refractivity (Wildman–Crippen MR) is 275 cm³/mol. The minimum atomic E-state index is -0.342. The predicted octanol–water partition coefficient (Wildman–Crippen LogP) is 15.2. The maximum atomic E-state index is 12.6. The molecule has 7 aromatic rings. The first-order valence-corrected chi connectivity index (χ1v) is 22.8. The molecule has 7 aromatic carbocycles. The Morgan fingerprint density at radius 2 is 0.667 bits per heavy atom. The Kier molecular flexibility index (Phi) is 12.7. The smallest absolute Gasteiger partial charge is 0.308 e. The Morgan fingerprint density at radius 3 is 0.955 bits per heavy atom. The van der Waals surface area contributed by atoms with Crippen molar-refractivity contribution < 1.29 is 19.1 Å². The molecule has 0 bridgehead atoms. The molecular formula is C62H62O4. The van der Waals surface area contributed by atoms with E-state index in [1.807, 2.05) is 60.7 Å². The summed E-state index contributed by atoms with van der Waals surface area (Å²) in [6, 6.07) is 42.1. The fraction of sp³-hybridized carbons (Fsp3) is 0.290. The van der Waals surface area contributed by atoms with Crippen molar-refractivity contribution in [3.8, 4) is 57.4 Å². The van der Waals surface area contributed by atoms with E-state index >= 15 is 0 Å². The highest BCUT2D eigenvalue weighted by molar-refractivity contribution is 6.11. The molecule has 0 aromatic heterocycles. The molecule has 0 heterocycles. The molecule has 0 unspecified atom stereocenters. The molecule has 0 saturated heterocycles. The van der Waals surface area contributed by atoms with Crippen molar-refractivity contribution in [3.63, 3.8) is 0 Å². The van der Waals surface area contributed by atoms with Gasteiger partial charge in [-0.1, -0.05) is 167 Å². The molecule has 0 atom stereocenters. The first-order valence-electron chi connectivity index (χ1n) is 22.8. The van der Waals surface area contributed by atoms with Gasteiger partial charge in [0.2, 0.25) is 0 Å². The minimum Gasteiger partial charge on any atom is -0.426 e. The summed E-state index contributed by atoms with van der Waals surface area (Å²) in [5, 5.41) is 3.96. The molecule has 0 saturated carbocycles. The minimum absolute atomic E-state index is 0.327. The van der Waals surface area contributed by atoms with E-state index in [0.29, 0.717) is 11.5 Å². The number of esters is 2. The van der Waals surface area contributed by atoms with Gasteiger partial charge in [0, 0.05) is 58.4 Å². The van der Waals surface area contributed by atoms with Gasteiger partial charge >= 0.3 is 11.9 Å². The van der Waals surface area contributed by atoms with Crippen LogP contribution in [0.5, 0.6) is 11.5 Å². The third-order valence-corrected chi connectivity index (χ3v) is 11.9. The highest BCUT2D eigenvalue weighted by atomic mass is 16.5. The summed E-state index contributed by atoms with van der Waals surface area (Å²) in [5.41, 5.74) is 10.3. The number of rotatable bonds is 4. The zero-order chi connectivity index (χ0) is 47.9. The van der Waals surface area contributed by atoms with Gasteiger partial charge in [-0.3, -0.25) is 9.59 Å². The number of hydrogen-bond acceptors (Lipinski definition) is 4. The number of carbonyl (C=O) groups is 2. The van der Waals surface area contributed by atoms with Crippen molar-refractivity contribution in [1.82, 2.24) is 0 Å². The molecule has 0 fully saturated rings. The largest absolute Gasteiger partial charge is 0.426 e. The van der Waals surface area contributed by atoms with Gasteiger partial charge in [-0.15, -0.1) is 0 Å². The molecule has 0 aliphatic carbocycles. The highest BCUT2D eigenvalue weighted by Crippen LogP contribution is 2.46. The molecule has 0 amide bonds. The van der Waals surface area contributed by atoms with E-state index in [-0.39, 0.29) is 33.6 Å². The van der Waals surface area contributed by atoms with Crippen LogP contribution < -0.4 is 9.47 Å². The number of ether oxygens (including phenoxy) is 2. The van der Waals surface area contributed by atoms with Gasteiger partial charge in [0.1, 0.15) is 11.5 Å². The van der Waals surface area contributed by atoms with Crippen LogP contribution in [0.4, 0.5) is 0 Å². The zero-order valence-electron chi connectivity index (χ0n) is 41.2. The van der Waals surface area contributed by atoms with Crippen LogP contribution in [0.25, 0.3) is 43.8 Å². The first-order chi connectivity index (χ1) is 30.9. The van der Waals surface area contributed by atoms with Gasteiger partial charge < -0.3 is 9.47 Å². The summed E-state index contributed by atoms with van der Waals surface area (Å²) in [4.78, 5) is 25.2. The Hall–Kier alpha value is -6.88. The van der Waals surface area contributed by atoms with Crippen molar-refractivity contribution >= 4 is 33.5 Å². The Bertz CT molecular complexity index is 2930. The molecule has 7 rings (SSSR count). The second kappa shape index (κ2) is 17.8. The second-order valence-corrected chi connectivity index (χ2v) is 21.5. The van der Waals surface area contributed by atoms with Crippen molar-refractivity contribution in [2.75, 3.05) is 0 Å². The van der Waals surface area contributed by atoms with Crippen LogP contribution in [0.15, 0.2) is 121 Å². The van der Waals surface area contributed by atoms with Crippen LogP contribution in [-0.2, 0) is 31.2 Å². The molecule has 66 heavy (non-hydrogen) atoms. The average Bonchev–Trinajstić information content (AvgIpc) is 3.23. The maximum Gasteiger partial charge on any atom is 0.308 e. The Balaban J connectivity index is 1.62. The lowest BCUT2D eigenvalue weighted by molar-refractivity contribution is -0.133. The molecule has 4 nitrogen and oxygen atoms in total. The summed E-state index contributed by atoms with van der Waals surface area (Å²) >= 11 is 0.